The Morgan fingerprint density at radius 3 is 3.04 bits per heavy atom. The van der Waals surface area contributed by atoms with Gasteiger partial charge in [0.25, 0.3) is 0 Å². The second-order valence-electron chi connectivity index (χ2n) is 7.92. The normalized spacial score (nSPS) is 44.1. The van der Waals surface area contributed by atoms with Crippen LogP contribution in [-0.4, -0.2) is 47.4 Å². The highest BCUT2D eigenvalue weighted by Crippen LogP contribution is 2.53. The van der Waals surface area contributed by atoms with E-state index in [9.17, 15) is 9.90 Å². The number of nitrogens with zero attached hydrogens (tertiary/aromatic N) is 1. The minimum absolute atomic E-state index is 0.0842. The molecule has 24 heavy (non-hydrogen) atoms. The molecule has 6 atom stereocenters. The Kier molecular flexibility index (Phi) is 3.12. The Morgan fingerprint density at radius 2 is 2.17 bits per heavy atom. The minimum Gasteiger partial charge on any atom is -0.368 e. The van der Waals surface area contributed by atoms with Gasteiger partial charge in [-0.15, -0.1) is 0 Å². The molecule has 1 amide bonds. The van der Waals surface area contributed by atoms with Crippen LogP contribution in [0.3, 0.4) is 0 Å². The molecule has 0 aromatic heterocycles. The maximum atomic E-state index is 13.0. The van der Waals surface area contributed by atoms with Crippen LogP contribution in [0.15, 0.2) is 24.3 Å². The number of fused-ring (bicyclic) bond motifs is 5. The van der Waals surface area contributed by atoms with E-state index in [4.69, 9.17) is 4.74 Å². The SMILES string of the molecule is C[C@@H]1OC(O)C[C@H]2C[C@@H]3N(CC[C@]34C(=O)Nc3ccccc34)C[C@@H]21. The fraction of sp³-hybridized carbons (Fsp3) is 0.632. The fourth-order valence-electron chi connectivity index (χ4n) is 5.79. The first-order chi connectivity index (χ1) is 11.6. The molecule has 5 rings (SSSR count). The lowest BCUT2D eigenvalue weighted by atomic mass is 9.67. The Hall–Kier alpha value is -1.43. The summed E-state index contributed by atoms with van der Waals surface area (Å²) in [6.45, 7) is 4.01. The van der Waals surface area contributed by atoms with Gasteiger partial charge in [0.1, 0.15) is 0 Å². The third-order valence-electron chi connectivity index (χ3n) is 6.92. The van der Waals surface area contributed by atoms with E-state index >= 15 is 0 Å². The molecular weight excluding hydrogens is 304 g/mol. The lowest BCUT2D eigenvalue weighted by Gasteiger charge is -2.49. The third kappa shape index (κ3) is 1.83. The van der Waals surface area contributed by atoms with Crippen molar-refractivity contribution in [1.82, 2.24) is 4.90 Å². The number of aliphatic hydroxyl groups excluding tert-OH is 1. The van der Waals surface area contributed by atoms with Crippen LogP contribution in [0.25, 0.3) is 0 Å². The van der Waals surface area contributed by atoms with E-state index in [1.807, 2.05) is 18.2 Å². The molecule has 0 bridgehead atoms. The first kappa shape index (κ1) is 14.9. The average Bonchev–Trinajstić information content (AvgIpc) is 3.06. The zero-order valence-electron chi connectivity index (χ0n) is 13.9. The number of carbonyl (C=O) groups is 1. The zero-order valence-corrected chi connectivity index (χ0v) is 13.9. The number of benzene rings is 1. The Morgan fingerprint density at radius 1 is 1.33 bits per heavy atom. The quantitative estimate of drug-likeness (QED) is 0.761. The summed E-state index contributed by atoms with van der Waals surface area (Å²) in [4.78, 5) is 15.5. The Labute approximate surface area is 142 Å². The number of nitrogens with one attached hydrogen (secondary N) is 1. The molecule has 3 saturated heterocycles. The number of hydrogen-bond acceptors (Lipinski definition) is 4. The molecule has 4 aliphatic heterocycles. The van der Waals surface area contributed by atoms with Crippen molar-refractivity contribution in [3.63, 3.8) is 0 Å². The molecule has 1 spiro atoms. The summed E-state index contributed by atoms with van der Waals surface area (Å²) in [5.41, 5.74) is 1.74. The van der Waals surface area contributed by atoms with E-state index in [1.165, 1.54) is 5.56 Å². The summed E-state index contributed by atoms with van der Waals surface area (Å²) in [5, 5.41) is 13.1. The molecule has 0 aliphatic carbocycles. The molecule has 1 aromatic rings. The summed E-state index contributed by atoms with van der Waals surface area (Å²) in [6.07, 6.45) is 1.98. The van der Waals surface area contributed by atoms with Gasteiger partial charge in [0.15, 0.2) is 6.29 Å². The monoisotopic (exact) mass is 328 g/mol. The Bertz CT molecular complexity index is 693. The lowest BCUT2D eigenvalue weighted by Crippen LogP contribution is -2.57. The van der Waals surface area contributed by atoms with E-state index in [2.05, 4.69) is 23.2 Å². The van der Waals surface area contributed by atoms with Gasteiger partial charge in [0, 0.05) is 30.6 Å². The van der Waals surface area contributed by atoms with Crippen molar-refractivity contribution < 1.29 is 14.6 Å². The highest BCUT2D eigenvalue weighted by atomic mass is 16.6. The number of aliphatic hydroxyl groups is 1. The van der Waals surface area contributed by atoms with Crippen LogP contribution < -0.4 is 5.32 Å². The molecule has 1 unspecified atom stereocenters. The van der Waals surface area contributed by atoms with Crippen LogP contribution in [0.2, 0.25) is 0 Å². The van der Waals surface area contributed by atoms with Crippen molar-refractivity contribution in [2.24, 2.45) is 11.8 Å². The number of amides is 1. The molecular formula is C19H24N2O3. The van der Waals surface area contributed by atoms with Crippen LogP contribution >= 0.6 is 0 Å². The van der Waals surface area contributed by atoms with Crippen LogP contribution in [0.4, 0.5) is 5.69 Å². The number of rotatable bonds is 0. The van der Waals surface area contributed by atoms with Crippen LogP contribution in [0.1, 0.15) is 31.7 Å². The molecule has 1 aromatic carbocycles. The van der Waals surface area contributed by atoms with Crippen LogP contribution in [0.5, 0.6) is 0 Å². The van der Waals surface area contributed by atoms with Crippen molar-refractivity contribution in [2.45, 2.75) is 50.0 Å². The second kappa shape index (κ2) is 5.04. The van der Waals surface area contributed by atoms with E-state index in [-0.39, 0.29) is 18.1 Å². The predicted molar refractivity (Wildman–Crippen MR) is 89.5 cm³/mol. The summed E-state index contributed by atoms with van der Waals surface area (Å²) in [6, 6.07) is 8.38. The summed E-state index contributed by atoms with van der Waals surface area (Å²) in [7, 11) is 0. The topological polar surface area (TPSA) is 61.8 Å². The van der Waals surface area contributed by atoms with Crippen LogP contribution in [0, 0.1) is 11.8 Å². The molecule has 128 valence electrons. The van der Waals surface area contributed by atoms with Crippen molar-refractivity contribution in [2.75, 3.05) is 18.4 Å². The minimum atomic E-state index is -0.658. The number of para-hydroxylation sites is 1. The highest BCUT2D eigenvalue weighted by molar-refractivity contribution is 6.07. The smallest absolute Gasteiger partial charge is 0.236 e. The van der Waals surface area contributed by atoms with Gasteiger partial charge < -0.3 is 15.2 Å². The van der Waals surface area contributed by atoms with Gasteiger partial charge in [-0.1, -0.05) is 18.2 Å². The number of piperidine rings is 1. The van der Waals surface area contributed by atoms with Gasteiger partial charge in [-0.05, 0) is 43.9 Å². The average molecular weight is 328 g/mol. The van der Waals surface area contributed by atoms with Gasteiger partial charge in [-0.3, -0.25) is 9.69 Å². The van der Waals surface area contributed by atoms with Gasteiger partial charge in [-0.2, -0.15) is 0 Å². The van der Waals surface area contributed by atoms with Crippen LogP contribution in [-0.2, 0) is 14.9 Å². The van der Waals surface area contributed by atoms with E-state index in [1.54, 1.807) is 0 Å². The number of anilines is 1. The molecule has 4 heterocycles. The first-order valence-electron chi connectivity index (χ1n) is 9.08. The standard InChI is InChI=1S/C19H24N2O3/c1-11-13-10-21-7-6-19(16(21)8-12(13)9-17(22)24-11)14-4-2-3-5-15(14)20-18(19)23/h2-5,11-13,16-17,22H,6-10H2,1H3,(H,20,23)/t11-,12+,13+,16-,17?,19+/m0/s1. The number of carbonyl (C=O) groups excluding carboxylic acids is 1. The summed E-state index contributed by atoms with van der Waals surface area (Å²) < 4.78 is 5.65. The Balaban J connectivity index is 1.53. The molecule has 4 aliphatic rings. The predicted octanol–water partition coefficient (Wildman–Crippen LogP) is 1.71. The van der Waals surface area contributed by atoms with Gasteiger partial charge in [0.05, 0.1) is 11.5 Å². The zero-order chi connectivity index (χ0) is 16.5. The lowest BCUT2D eigenvalue weighted by molar-refractivity contribution is -0.208. The molecule has 5 heteroatoms. The van der Waals surface area contributed by atoms with Crippen molar-refractivity contribution >= 4 is 11.6 Å². The van der Waals surface area contributed by atoms with E-state index in [0.29, 0.717) is 18.3 Å². The van der Waals surface area contributed by atoms with Crippen molar-refractivity contribution in [3.8, 4) is 0 Å². The molecule has 2 N–H and O–H groups in total. The van der Waals surface area contributed by atoms with E-state index < -0.39 is 11.7 Å². The summed E-state index contributed by atoms with van der Waals surface area (Å²) in [5.74, 6) is 1.05. The van der Waals surface area contributed by atoms with Crippen molar-refractivity contribution in [3.05, 3.63) is 29.8 Å². The van der Waals surface area contributed by atoms with E-state index in [0.717, 1.165) is 31.6 Å². The third-order valence-corrected chi connectivity index (χ3v) is 6.92. The number of ether oxygens (including phenoxy) is 1. The van der Waals surface area contributed by atoms with Gasteiger partial charge in [-0.25, -0.2) is 0 Å². The molecule has 0 saturated carbocycles. The highest BCUT2D eigenvalue weighted by Gasteiger charge is 2.60. The fourth-order valence-corrected chi connectivity index (χ4v) is 5.79. The van der Waals surface area contributed by atoms with Crippen molar-refractivity contribution in [1.29, 1.82) is 0 Å². The molecule has 0 radical (unpaired) electrons. The first-order valence-corrected chi connectivity index (χ1v) is 9.08. The molecule has 3 fully saturated rings. The number of hydrogen-bond donors (Lipinski definition) is 2. The largest absolute Gasteiger partial charge is 0.368 e. The molecule has 5 nitrogen and oxygen atoms in total. The maximum Gasteiger partial charge on any atom is 0.236 e. The van der Waals surface area contributed by atoms with Gasteiger partial charge >= 0.3 is 0 Å². The summed E-state index contributed by atoms with van der Waals surface area (Å²) >= 11 is 0. The van der Waals surface area contributed by atoms with Gasteiger partial charge in [0.2, 0.25) is 5.91 Å². The second-order valence-corrected chi connectivity index (χ2v) is 7.92. The maximum absolute atomic E-state index is 13.0.